The molecule has 3 rings (SSSR count). The Bertz CT molecular complexity index is 587. The molecule has 0 spiro atoms. The van der Waals surface area contributed by atoms with Crippen molar-refractivity contribution in [3.63, 3.8) is 0 Å². The lowest BCUT2D eigenvalue weighted by atomic mass is 9.79. The first kappa shape index (κ1) is 14.7. The van der Waals surface area contributed by atoms with Crippen molar-refractivity contribution in [1.29, 1.82) is 0 Å². The number of fused-ring (bicyclic) bond motifs is 1. The molecule has 1 saturated carbocycles. The molecule has 2 unspecified atom stereocenters. The third-order valence-electron chi connectivity index (χ3n) is 5.03. The van der Waals surface area contributed by atoms with E-state index in [1.165, 1.54) is 4.31 Å². The minimum absolute atomic E-state index is 0.00245. The number of hydrogen-bond donors (Lipinski definition) is 1. The molecule has 2 aliphatic heterocycles. The summed E-state index contributed by atoms with van der Waals surface area (Å²) in [4.78, 5) is 0. The van der Waals surface area contributed by atoms with Crippen molar-refractivity contribution in [2.75, 3.05) is 24.6 Å². The highest BCUT2D eigenvalue weighted by Gasteiger charge is 2.46. The van der Waals surface area contributed by atoms with E-state index in [-0.39, 0.29) is 24.0 Å². The molecular formula is C12H22N2O4S2. The second kappa shape index (κ2) is 4.93. The van der Waals surface area contributed by atoms with E-state index >= 15 is 0 Å². The fraction of sp³-hybridized carbons (Fsp3) is 1.00. The smallest absolute Gasteiger partial charge is 0.218 e. The van der Waals surface area contributed by atoms with E-state index in [9.17, 15) is 16.8 Å². The summed E-state index contributed by atoms with van der Waals surface area (Å²) in [6.45, 7) is 1.08. The Kier molecular flexibility index (Phi) is 3.63. The highest BCUT2D eigenvalue weighted by molar-refractivity contribution is 7.95. The topological polar surface area (TPSA) is 97.5 Å². The molecule has 0 amide bonds. The van der Waals surface area contributed by atoms with Crippen LogP contribution in [-0.4, -0.2) is 57.0 Å². The Morgan fingerprint density at radius 2 is 1.75 bits per heavy atom. The monoisotopic (exact) mass is 322 g/mol. The van der Waals surface area contributed by atoms with Gasteiger partial charge in [-0.1, -0.05) is 0 Å². The van der Waals surface area contributed by atoms with Crippen molar-refractivity contribution >= 4 is 19.9 Å². The highest BCUT2D eigenvalue weighted by Crippen LogP contribution is 2.38. The quantitative estimate of drug-likeness (QED) is 0.743. The number of rotatable bonds is 2. The maximum atomic E-state index is 12.6. The van der Waals surface area contributed by atoms with Crippen LogP contribution in [0.25, 0.3) is 0 Å². The maximum absolute atomic E-state index is 12.6. The molecule has 3 aliphatic rings. The summed E-state index contributed by atoms with van der Waals surface area (Å²) < 4.78 is 49.7. The summed E-state index contributed by atoms with van der Waals surface area (Å²) in [6, 6.07) is 0.186. The van der Waals surface area contributed by atoms with Gasteiger partial charge in [-0.25, -0.2) is 21.1 Å². The van der Waals surface area contributed by atoms with Crippen LogP contribution >= 0.6 is 0 Å². The van der Waals surface area contributed by atoms with E-state index in [2.05, 4.69) is 0 Å². The number of nitrogens with zero attached hydrogens (tertiary/aromatic N) is 1. The summed E-state index contributed by atoms with van der Waals surface area (Å²) in [5, 5.41) is -0.735. The lowest BCUT2D eigenvalue weighted by Crippen LogP contribution is -2.38. The van der Waals surface area contributed by atoms with Gasteiger partial charge in [-0.05, 0) is 37.5 Å². The van der Waals surface area contributed by atoms with Crippen LogP contribution in [0.4, 0.5) is 0 Å². The van der Waals surface area contributed by atoms with Crippen LogP contribution in [-0.2, 0) is 19.9 Å². The fourth-order valence-electron chi connectivity index (χ4n) is 3.84. The van der Waals surface area contributed by atoms with Gasteiger partial charge in [-0.2, -0.15) is 0 Å². The van der Waals surface area contributed by atoms with E-state index in [1.54, 1.807) is 0 Å². The van der Waals surface area contributed by atoms with Crippen molar-refractivity contribution in [3.8, 4) is 0 Å². The summed E-state index contributed by atoms with van der Waals surface area (Å²) in [5.74, 6) is 0.553. The van der Waals surface area contributed by atoms with Gasteiger partial charge in [0, 0.05) is 19.1 Å². The molecule has 0 aromatic heterocycles. The molecule has 4 atom stereocenters. The predicted molar refractivity (Wildman–Crippen MR) is 76.4 cm³/mol. The molecule has 6 nitrogen and oxygen atoms in total. The van der Waals surface area contributed by atoms with Crippen molar-refractivity contribution < 1.29 is 16.8 Å². The average Bonchev–Trinajstić information content (AvgIpc) is 2.92. The van der Waals surface area contributed by atoms with Crippen LogP contribution in [0.2, 0.25) is 0 Å². The standard InChI is InChI=1S/C12H22N2O4S2/c13-11-2-1-9-6-14(7-10(9)5-11)20(17,18)12-3-4-19(15,16)8-12/h9-12H,1-8,13H2/t9-,10+,11?,12?/m1/s1. The van der Waals surface area contributed by atoms with Gasteiger partial charge in [-0.3, -0.25) is 0 Å². The largest absolute Gasteiger partial charge is 0.328 e. The molecule has 3 fully saturated rings. The zero-order chi connectivity index (χ0) is 14.5. The lowest BCUT2D eigenvalue weighted by molar-refractivity contribution is 0.271. The van der Waals surface area contributed by atoms with Crippen molar-refractivity contribution in [2.45, 2.75) is 37.0 Å². The molecule has 8 heteroatoms. The first-order valence-corrected chi connectivity index (χ1v) is 10.6. The van der Waals surface area contributed by atoms with Gasteiger partial charge >= 0.3 is 0 Å². The SMILES string of the molecule is NC1CC[C@@H]2CN(S(=O)(=O)C3CCS(=O)(=O)C3)C[C@@H]2C1. The first-order valence-electron chi connectivity index (χ1n) is 7.23. The third kappa shape index (κ3) is 2.63. The molecule has 116 valence electrons. The van der Waals surface area contributed by atoms with Crippen LogP contribution in [0.15, 0.2) is 0 Å². The average molecular weight is 322 g/mol. The Morgan fingerprint density at radius 3 is 2.40 bits per heavy atom. The van der Waals surface area contributed by atoms with Crippen molar-refractivity contribution in [2.24, 2.45) is 17.6 Å². The summed E-state index contributed by atoms with van der Waals surface area (Å²) in [6.07, 6.45) is 3.09. The molecule has 0 radical (unpaired) electrons. The zero-order valence-electron chi connectivity index (χ0n) is 11.4. The number of hydrogen-bond acceptors (Lipinski definition) is 5. The number of sulfonamides is 1. The van der Waals surface area contributed by atoms with Crippen LogP contribution in [0, 0.1) is 11.8 Å². The highest BCUT2D eigenvalue weighted by atomic mass is 32.2. The van der Waals surface area contributed by atoms with E-state index < -0.39 is 25.1 Å². The van der Waals surface area contributed by atoms with Gasteiger partial charge in [0.05, 0.1) is 16.8 Å². The van der Waals surface area contributed by atoms with Crippen LogP contribution in [0.1, 0.15) is 25.7 Å². The van der Waals surface area contributed by atoms with Crippen molar-refractivity contribution in [3.05, 3.63) is 0 Å². The van der Waals surface area contributed by atoms with Gasteiger partial charge in [0.25, 0.3) is 0 Å². The number of nitrogens with two attached hydrogens (primary N) is 1. The normalized spacial score (nSPS) is 41.6. The van der Waals surface area contributed by atoms with Crippen LogP contribution < -0.4 is 5.73 Å². The Labute approximate surface area is 120 Å². The lowest BCUT2D eigenvalue weighted by Gasteiger charge is -2.28. The second-order valence-electron chi connectivity index (χ2n) is 6.48. The fourth-order valence-corrected chi connectivity index (χ4v) is 8.48. The van der Waals surface area contributed by atoms with E-state index in [4.69, 9.17) is 5.73 Å². The molecule has 0 aromatic carbocycles. The Balaban J connectivity index is 1.74. The molecule has 0 bridgehead atoms. The van der Waals surface area contributed by atoms with Gasteiger partial charge in [0.15, 0.2) is 9.84 Å². The molecule has 20 heavy (non-hydrogen) atoms. The summed E-state index contributed by atoms with van der Waals surface area (Å²) in [5.41, 5.74) is 5.96. The molecular weight excluding hydrogens is 300 g/mol. The number of sulfone groups is 1. The van der Waals surface area contributed by atoms with Gasteiger partial charge in [0.2, 0.25) is 10.0 Å². The second-order valence-corrected chi connectivity index (χ2v) is 10.9. The molecule has 0 aromatic rings. The summed E-state index contributed by atoms with van der Waals surface area (Å²) in [7, 11) is -6.64. The van der Waals surface area contributed by atoms with Gasteiger partial charge in [0.1, 0.15) is 0 Å². The van der Waals surface area contributed by atoms with E-state index in [0.717, 1.165) is 19.3 Å². The Hall–Kier alpha value is -0.180. The zero-order valence-corrected chi connectivity index (χ0v) is 13.1. The maximum Gasteiger partial charge on any atom is 0.218 e. The minimum Gasteiger partial charge on any atom is -0.328 e. The minimum atomic E-state index is -3.47. The molecule has 2 N–H and O–H groups in total. The molecule has 2 saturated heterocycles. The van der Waals surface area contributed by atoms with Crippen LogP contribution in [0.3, 0.4) is 0 Å². The van der Waals surface area contributed by atoms with Crippen LogP contribution in [0.5, 0.6) is 0 Å². The van der Waals surface area contributed by atoms with Gasteiger partial charge < -0.3 is 5.73 Å². The summed E-state index contributed by atoms with van der Waals surface area (Å²) >= 11 is 0. The van der Waals surface area contributed by atoms with Crippen molar-refractivity contribution in [1.82, 2.24) is 4.31 Å². The molecule has 2 heterocycles. The predicted octanol–water partition coefficient (Wildman–Crippen LogP) is -0.437. The Morgan fingerprint density at radius 1 is 1.05 bits per heavy atom. The first-order chi connectivity index (χ1) is 9.28. The van der Waals surface area contributed by atoms with Gasteiger partial charge in [-0.15, -0.1) is 0 Å². The van der Waals surface area contributed by atoms with E-state index in [0.29, 0.717) is 24.9 Å². The van der Waals surface area contributed by atoms with E-state index in [1.807, 2.05) is 0 Å². The molecule has 1 aliphatic carbocycles. The third-order valence-corrected chi connectivity index (χ3v) is 9.27.